The normalized spacial score (nSPS) is 12.0. The molecule has 2 rings (SSSR count). The lowest BCUT2D eigenvalue weighted by molar-refractivity contribution is 0.0526. The van der Waals surface area contributed by atoms with Crippen LogP contribution in [0.5, 0.6) is 5.75 Å². The minimum Gasteiger partial charge on any atom is -0.491 e. The molecule has 1 heterocycles. The van der Waals surface area contributed by atoms with Gasteiger partial charge in [0.25, 0.3) is 0 Å². The lowest BCUT2D eigenvalue weighted by Crippen LogP contribution is -2.32. The third-order valence-corrected chi connectivity index (χ3v) is 4.01. The van der Waals surface area contributed by atoms with E-state index in [1.165, 1.54) is 0 Å². The Labute approximate surface area is 160 Å². The molecule has 0 aliphatic carbocycles. The number of carbonyl (C=O) groups excluding carboxylic acids is 1. The van der Waals surface area contributed by atoms with Crippen LogP contribution in [0.25, 0.3) is 0 Å². The van der Waals surface area contributed by atoms with Gasteiger partial charge < -0.3 is 19.9 Å². The van der Waals surface area contributed by atoms with Crippen LogP contribution >= 0.6 is 0 Å². The summed E-state index contributed by atoms with van der Waals surface area (Å²) in [5.41, 5.74) is 2.67. The average Bonchev–Trinajstić information content (AvgIpc) is 2.97. The minimum atomic E-state index is -0.608. The Kier molecular flexibility index (Phi) is 8.29. The molecule has 0 bridgehead atoms. The van der Waals surface area contributed by atoms with Gasteiger partial charge in [0.1, 0.15) is 18.5 Å². The fourth-order valence-corrected chi connectivity index (χ4v) is 2.68. The molecule has 7 nitrogen and oxygen atoms in total. The van der Waals surface area contributed by atoms with E-state index in [0.717, 1.165) is 30.9 Å². The minimum absolute atomic E-state index is 0.184. The Bertz CT molecular complexity index is 713. The van der Waals surface area contributed by atoms with Gasteiger partial charge in [0.2, 0.25) is 0 Å². The molecule has 0 amide bonds. The third kappa shape index (κ3) is 7.03. The van der Waals surface area contributed by atoms with Gasteiger partial charge in [-0.2, -0.15) is 5.10 Å². The number of rotatable bonds is 11. The number of aromatic nitrogens is 2. The molecule has 2 N–H and O–H groups in total. The highest BCUT2D eigenvalue weighted by atomic mass is 16.5. The smallest absolute Gasteiger partial charge is 0.338 e. The van der Waals surface area contributed by atoms with Gasteiger partial charge in [-0.25, -0.2) is 4.79 Å². The number of aryl methyl sites for hydroxylation is 3. The predicted molar refractivity (Wildman–Crippen MR) is 103 cm³/mol. The van der Waals surface area contributed by atoms with Crippen molar-refractivity contribution in [2.45, 2.75) is 39.8 Å². The molecule has 1 unspecified atom stereocenters. The van der Waals surface area contributed by atoms with E-state index in [2.05, 4.69) is 16.5 Å². The van der Waals surface area contributed by atoms with E-state index in [0.29, 0.717) is 24.5 Å². The summed E-state index contributed by atoms with van der Waals surface area (Å²) in [6.07, 6.45) is 0.327. The Morgan fingerprint density at radius 1 is 1.30 bits per heavy atom. The summed E-state index contributed by atoms with van der Waals surface area (Å²) >= 11 is 0. The van der Waals surface area contributed by atoms with E-state index in [9.17, 15) is 9.90 Å². The van der Waals surface area contributed by atoms with Crippen molar-refractivity contribution in [2.75, 3.05) is 26.3 Å². The van der Waals surface area contributed by atoms with Gasteiger partial charge in [0.05, 0.1) is 17.9 Å². The molecule has 148 valence electrons. The van der Waals surface area contributed by atoms with E-state index >= 15 is 0 Å². The molecule has 1 aromatic carbocycles. The maximum Gasteiger partial charge on any atom is 0.338 e. The molecule has 0 saturated carbocycles. The van der Waals surface area contributed by atoms with Crippen LogP contribution in [0.4, 0.5) is 0 Å². The number of esters is 1. The molecule has 1 atom stereocenters. The van der Waals surface area contributed by atoms with Crippen molar-refractivity contribution < 1.29 is 19.4 Å². The van der Waals surface area contributed by atoms with Crippen LogP contribution in [0.15, 0.2) is 30.3 Å². The Morgan fingerprint density at radius 3 is 2.67 bits per heavy atom. The van der Waals surface area contributed by atoms with Crippen LogP contribution in [0, 0.1) is 13.8 Å². The van der Waals surface area contributed by atoms with E-state index < -0.39 is 6.10 Å². The molecule has 2 aromatic rings. The first-order chi connectivity index (χ1) is 13.0. The molecule has 0 spiro atoms. The molecule has 0 aliphatic heterocycles. The number of aliphatic hydroxyl groups is 1. The van der Waals surface area contributed by atoms with Gasteiger partial charge >= 0.3 is 5.97 Å². The average molecular weight is 375 g/mol. The molecule has 0 radical (unpaired) electrons. The van der Waals surface area contributed by atoms with Gasteiger partial charge in [-0.05, 0) is 64.1 Å². The first-order valence-electron chi connectivity index (χ1n) is 9.29. The van der Waals surface area contributed by atoms with E-state index in [4.69, 9.17) is 9.47 Å². The zero-order chi connectivity index (χ0) is 19.6. The molecular formula is C20H29N3O4. The fraction of sp³-hybridized carbons (Fsp3) is 0.500. The van der Waals surface area contributed by atoms with Crippen molar-refractivity contribution in [2.24, 2.45) is 0 Å². The van der Waals surface area contributed by atoms with E-state index in [1.54, 1.807) is 31.2 Å². The highest BCUT2D eigenvalue weighted by Crippen LogP contribution is 2.13. The zero-order valence-electron chi connectivity index (χ0n) is 16.3. The van der Waals surface area contributed by atoms with Crippen molar-refractivity contribution in [1.29, 1.82) is 0 Å². The van der Waals surface area contributed by atoms with Crippen LogP contribution < -0.4 is 10.1 Å². The second-order valence-electron chi connectivity index (χ2n) is 6.42. The van der Waals surface area contributed by atoms with Crippen LogP contribution in [0.2, 0.25) is 0 Å². The van der Waals surface area contributed by atoms with Crippen molar-refractivity contribution in [1.82, 2.24) is 15.1 Å². The third-order valence-electron chi connectivity index (χ3n) is 4.01. The first-order valence-corrected chi connectivity index (χ1v) is 9.29. The maximum atomic E-state index is 11.6. The topological polar surface area (TPSA) is 85.6 Å². The van der Waals surface area contributed by atoms with E-state index in [-0.39, 0.29) is 12.6 Å². The lowest BCUT2D eigenvalue weighted by atomic mass is 10.2. The molecule has 0 fully saturated rings. The quantitative estimate of drug-likeness (QED) is 0.462. The highest BCUT2D eigenvalue weighted by molar-refractivity contribution is 5.89. The number of aliphatic hydroxyl groups excluding tert-OH is 1. The molecule has 7 heteroatoms. The maximum absolute atomic E-state index is 11.6. The molecule has 27 heavy (non-hydrogen) atoms. The summed E-state index contributed by atoms with van der Waals surface area (Å²) in [5, 5.41) is 17.7. The van der Waals surface area contributed by atoms with Crippen molar-refractivity contribution >= 4 is 5.97 Å². The lowest BCUT2D eigenvalue weighted by Gasteiger charge is -2.13. The number of hydrogen-bond donors (Lipinski definition) is 2. The number of carbonyl (C=O) groups is 1. The monoisotopic (exact) mass is 375 g/mol. The zero-order valence-corrected chi connectivity index (χ0v) is 16.3. The van der Waals surface area contributed by atoms with Gasteiger partial charge in [0.15, 0.2) is 0 Å². The van der Waals surface area contributed by atoms with Crippen molar-refractivity contribution in [3.63, 3.8) is 0 Å². The second kappa shape index (κ2) is 10.7. The molecule has 1 aromatic heterocycles. The van der Waals surface area contributed by atoms with Gasteiger partial charge in [-0.1, -0.05) is 0 Å². The summed E-state index contributed by atoms with van der Waals surface area (Å²) in [6.45, 7) is 8.44. The summed E-state index contributed by atoms with van der Waals surface area (Å²) < 4.78 is 12.5. The van der Waals surface area contributed by atoms with Gasteiger partial charge in [-0.3, -0.25) is 4.68 Å². The largest absolute Gasteiger partial charge is 0.491 e. The Hall–Kier alpha value is -2.38. The van der Waals surface area contributed by atoms with Crippen LogP contribution in [-0.4, -0.2) is 53.3 Å². The van der Waals surface area contributed by atoms with Crippen LogP contribution in [-0.2, 0) is 11.3 Å². The van der Waals surface area contributed by atoms with Crippen LogP contribution in [0.1, 0.15) is 35.1 Å². The van der Waals surface area contributed by atoms with Crippen molar-refractivity contribution in [3.8, 4) is 5.75 Å². The number of hydrogen-bond acceptors (Lipinski definition) is 6. The SMILES string of the molecule is CCOC(=O)c1ccc(OCC(O)CNCCCn2nc(C)cc2C)cc1. The molecule has 0 aliphatic rings. The highest BCUT2D eigenvalue weighted by Gasteiger charge is 2.08. The summed E-state index contributed by atoms with van der Waals surface area (Å²) in [7, 11) is 0. The number of nitrogens with one attached hydrogen (secondary N) is 1. The Morgan fingerprint density at radius 2 is 2.04 bits per heavy atom. The standard InChI is InChI=1S/C20H29N3O4/c1-4-26-20(25)17-6-8-19(9-7-17)27-14-18(24)13-21-10-5-11-23-16(3)12-15(2)22-23/h6-9,12,18,21,24H,4-5,10-11,13-14H2,1-3H3. The Balaban J connectivity index is 1.61. The van der Waals surface area contributed by atoms with Crippen LogP contribution in [0.3, 0.4) is 0 Å². The summed E-state index contributed by atoms with van der Waals surface area (Å²) in [5.74, 6) is 0.250. The number of benzene rings is 1. The number of nitrogens with zero attached hydrogens (tertiary/aromatic N) is 2. The van der Waals surface area contributed by atoms with Gasteiger partial charge in [0, 0.05) is 18.8 Å². The number of ether oxygens (including phenoxy) is 2. The van der Waals surface area contributed by atoms with E-state index in [1.807, 2.05) is 18.5 Å². The predicted octanol–water partition coefficient (Wildman–Crippen LogP) is 2.10. The van der Waals surface area contributed by atoms with Gasteiger partial charge in [-0.15, -0.1) is 0 Å². The van der Waals surface area contributed by atoms with Crippen molar-refractivity contribution in [3.05, 3.63) is 47.3 Å². The fourth-order valence-electron chi connectivity index (χ4n) is 2.68. The summed E-state index contributed by atoms with van der Waals surface area (Å²) in [4.78, 5) is 11.6. The summed E-state index contributed by atoms with van der Waals surface area (Å²) in [6, 6.07) is 8.75. The molecular weight excluding hydrogens is 346 g/mol. The molecule has 0 saturated heterocycles. The first kappa shape index (κ1) is 20.9. The second-order valence-corrected chi connectivity index (χ2v) is 6.42.